The fourth-order valence-corrected chi connectivity index (χ4v) is 4.85. The van der Waals surface area contributed by atoms with Gasteiger partial charge in [0.05, 0.1) is 0 Å². The predicted molar refractivity (Wildman–Crippen MR) is 144 cm³/mol. The molecule has 0 bridgehead atoms. The van der Waals surface area contributed by atoms with Crippen molar-refractivity contribution in [3.8, 4) is 0 Å². The van der Waals surface area contributed by atoms with Crippen LogP contribution in [-0.4, -0.2) is 269 Å². The lowest BCUT2D eigenvalue weighted by molar-refractivity contribution is -0.223. The normalized spacial score (nSPS) is 55.5. The number of rotatable bonds is 0. The van der Waals surface area contributed by atoms with Crippen molar-refractivity contribution in [1.82, 2.24) is 0 Å². The molecular formula is C24H48O24. The molecule has 24 heteroatoms. The summed E-state index contributed by atoms with van der Waals surface area (Å²) >= 11 is 0. The minimum atomic E-state index is -1.64. The number of aliphatic hydroxyl groups excluding tert-OH is 24. The van der Waals surface area contributed by atoms with Gasteiger partial charge >= 0.3 is 0 Å². The Morgan fingerprint density at radius 2 is 0.104 bits per heavy atom. The summed E-state index contributed by atoms with van der Waals surface area (Å²) < 4.78 is 0. The zero-order valence-electron chi connectivity index (χ0n) is 24.6. The van der Waals surface area contributed by atoms with Crippen LogP contribution in [0.4, 0.5) is 0 Å². The largest absolute Gasteiger partial charge is 0.387 e. The van der Waals surface area contributed by atoms with Crippen LogP contribution in [0.15, 0.2) is 0 Å². The Morgan fingerprint density at radius 1 is 0.0833 bits per heavy atom. The Kier molecular flexibility index (Phi) is 17.4. The molecule has 4 rings (SSSR count). The molecule has 0 unspecified atom stereocenters. The van der Waals surface area contributed by atoms with E-state index in [1.165, 1.54) is 0 Å². The molecule has 0 aromatic rings. The highest BCUT2D eigenvalue weighted by Crippen LogP contribution is 2.23. The van der Waals surface area contributed by atoms with E-state index in [-0.39, 0.29) is 0 Å². The highest BCUT2D eigenvalue weighted by Gasteiger charge is 2.50. The van der Waals surface area contributed by atoms with Crippen LogP contribution >= 0.6 is 0 Å². The lowest BCUT2D eigenvalue weighted by Gasteiger charge is -2.39. The van der Waals surface area contributed by atoms with Crippen LogP contribution in [0.5, 0.6) is 0 Å². The van der Waals surface area contributed by atoms with Crippen LogP contribution in [0, 0.1) is 0 Å². The summed E-state index contributed by atoms with van der Waals surface area (Å²) in [6, 6.07) is 0. The first kappa shape index (κ1) is 45.1. The molecule has 0 aliphatic heterocycles. The zero-order valence-corrected chi connectivity index (χ0v) is 24.6. The monoisotopic (exact) mass is 720 g/mol. The Labute approximate surface area is 269 Å². The van der Waals surface area contributed by atoms with Gasteiger partial charge in [-0.15, -0.1) is 0 Å². The summed E-state index contributed by atoms with van der Waals surface area (Å²) in [4.78, 5) is 0. The third kappa shape index (κ3) is 9.67. The molecule has 0 aromatic heterocycles. The first-order valence-corrected chi connectivity index (χ1v) is 14.2. The standard InChI is InChI=1S/4C6H12O6/c4*7-1-2(8)4(10)6(12)5(11)3(1)9/h4*1-12H. The number of hydrogen-bond acceptors (Lipinski definition) is 24. The minimum absolute atomic E-state index is 1.64. The van der Waals surface area contributed by atoms with E-state index >= 15 is 0 Å². The maximum absolute atomic E-state index is 8.97. The van der Waals surface area contributed by atoms with Gasteiger partial charge in [-0.2, -0.15) is 0 Å². The first-order chi connectivity index (χ1) is 21.9. The van der Waals surface area contributed by atoms with Gasteiger partial charge in [-0.3, -0.25) is 0 Å². The van der Waals surface area contributed by atoms with E-state index in [0.717, 1.165) is 0 Å². The summed E-state index contributed by atoms with van der Waals surface area (Å²) in [7, 11) is 0. The molecule has 0 heterocycles. The van der Waals surface area contributed by atoms with Crippen LogP contribution in [0.2, 0.25) is 0 Å². The first-order valence-electron chi connectivity index (χ1n) is 14.2. The molecule has 0 atom stereocenters. The zero-order chi connectivity index (χ0) is 37.9. The van der Waals surface area contributed by atoms with Crippen LogP contribution < -0.4 is 0 Å². The Balaban J connectivity index is 0.000000320. The third-order valence-electron chi connectivity index (χ3n) is 8.40. The lowest BCUT2D eigenvalue weighted by Crippen LogP contribution is -2.63. The van der Waals surface area contributed by atoms with Crippen molar-refractivity contribution < 1.29 is 123 Å². The molecule has 0 radical (unpaired) electrons. The van der Waals surface area contributed by atoms with E-state index in [4.69, 9.17) is 123 Å². The fourth-order valence-electron chi connectivity index (χ4n) is 4.85. The smallest absolute Gasteiger partial charge is 0.111 e. The molecule has 24 N–H and O–H groups in total. The van der Waals surface area contributed by atoms with Gasteiger partial charge in [-0.05, 0) is 0 Å². The average molecular weight is 721 g/mol. The maximum Gasteiger partial charge on any atom is 0.111 e. The third-order valence-corrected chi connectivity index (χ3v) is 8.40. The summed E-state index contributed by atoms with van der Waals surface area (Å²) in [6.07, 6.45) is -39.4. The van der Waals surface area contributed by atoms with E-state index < -0.39 is 146 Å². The second-order valence-electron chi connectivity index (χ2n) is 11.8. The van der Waals surface area contributed by atoms with Crippen molar-refractivity contribution >= 4 is 0 Å². The van der Waals surface area contributed by atoms with Gasteiger partial charge in [0.25, 0.3) is 0 Å². The number of hydrogen-bond donors (Lipinski definition) is 24. The van der Waals surface area contributed by atoms with Gasteiger partial charge in [0.2, 0.25) is 0 Å². The van der Waals surface area contributed by atoms with Gasteiger partial charge < -0.3 is 123 Å². The molecule has 4 fully saturated rings. The van der Waals surface area contributed by atoms with Crippen LogP contribution in [0.1, 0.15) is 0 Å². The van der Waals surface area contributed by atoms with E-state index in [9.17, 15) is 0 Å². The summed E-state index contributed by atoms with van der Waals surface area (Å²) in [5.41, 5.74) is 0. The van der Waals surface area contributed by atoms with Crippen molar-refractivity contribution in [2.75, 3.05) is 0 Å². The summed E-state index contributed by atoms with van der Waals surface area (Å²) in [6.45, 7) is 0. The van der Waals surface area contributed by atoms with Crippen LogP contribution in [0.25, 0.3) is 0 Å². The molecule has 0 aromatic carbocycles. The summed E-state index contributed by atoms with van der Waals surface area (Å²) in [5, 5.41) is 215. The molecule has 4 aliphatic carbocycles. The van der Waals surface area contributed by atoms with E-state index in [1.807, 2.05) is 0 Å². The molecule has 24 nitrogen and oxygen atoms in total. The molecule has 288 valence electrons. The fraction of sp³-hybridized carbons (Fsp3) is 1.00. The quantitative estimate of drug-likeness (QED) is 0.110. The molecule has 0 spiro atoms. The van der Waals surface area contributed by atoms with Gasteiger partial charge in [0.1, 0.15) is 146 Å². The minimum Gasteiger partial charge on any atom is -0.387 e. The molecule has 4 saturated carbocycles. The van der Waals surface area contributed by atoms with Crippen LogP contribution in [-0.2, 0) is 0 Å². The predicted octanol–water partition coefficient (Wildman–Crippen LogP) is -15.3. The van der Waals surface area contributed by atoms with Crippen molar-refractivity contribution in [3.05, 3.63) is 0 Å². The molecule has 48 heavy (non-hydrogen) atoms. The highest BCUT2D eigenvalue weighted by molar-refractivity contribution is 5.00. The van der Waals surface area contributed by atoms with Gasteiger partial charge in [-0.1, -0.05) is 0 Å². The summed E-state index contributed by atoms with van der Waals surface area (Å²) in [5.74, 6) is 0. The van der Waals surface area contributed by atoms with Gasteiger partial charge in [0.15, 0.2) is 0 Å². The second kappa shape index (κ2) is 18.5. The van der Waals surface area contributed by atoms with E-state index in [1.54, 1.807) is 0 Å². The lowest BCUT2D eigenvalue weighted by atomic mass is 9.85. The van der Waals surface area contributed by atoms with Crippen molar-refractivity contribution in [1.29, 1.82) is 0 Å². The second-order valence-corrected chi connectivity index (χ2v) is 11.8. The molecular weight excluding hydrogens is 672 g/mol. The van der Waals surface area contributed by atoms with Gasteiger partial charge in [0, 0.05) is 0 Å². The molecule has 0 saturated heterocycles. The SMILES string of the molecule is OC1C(O)C(O)C(O)C(O)C1O.OC1C(O)C(O)C(O)C(O)C1O.OC1C(O)C(O)C(O)C(O)C1O.OC1C(O)C(O)C(O)C(O)C1O. The highest BCUT2D eigenvalue weighted by atomic mass is 16.5. The van der Waals surface area contributed by atoms with Crippen molar-refractivity contribution in [2.45, 2.75) is 146 Å². The average Bonchev–Trinajstić information content (AvgIpc) is 3.08. The Hall–Kier alpha value is -0.960. The topological polar surface area (TPSA) is 486 Å². The van der Waals surface area contributed by atoms with Crippen LogP contribution in [0.3, 0.4) is 0 Å². The van der Waals surface area contributed by atoms with Gasteiger partial charge in [-0.25, -0.2) is 0 Å². The maximum atomic E-state index is 8.97. The van der Waals surface area contributed by atoms with Crippen molar-refractivity contribution in [3.63, 3.8) is 0 Å². The molecule has 0 amide bonds. The van der Waals surface area contributed by atoms with Crippen molar-refractivity contribution in [2.24, 2.45) is 0 Å². The number of aliphatic hydroxyl groups is 24. The van der Waals surface area contributed by atoms with E-state index in [2.05, 4.69) is 0 Å². The Bertz CT molecular complexity index is 558. The van der Waals surface area contributed by atoms with E-state index in [0.29, 0.717) is 0 Å². The Morgan fingerprint density at radius 3 is 0.125 bits per heavy atom. The molecule has 4 aliphatic rings.